The van der Waals surface area contributed by atoms with E-state index in [4.69, 9.17) is 0 Å². The molecule has 85 heavy (non-hydrogen) atoms. The van der Waals surface area contributed by atoms with E-state index in [1.165, 1.54) is 154 Å². The van der Waals surface area contributed by atoms with Gasteiger partial charge in [-0.2, -0.15) is 0 Å². The largest absolute Gasteiger partial charge is 0.309 e. The summed E-state index contributed by atoms with van der Waals surface area (Å²) >= 11 is 0. The van der Waals surface area contributed by atoms with Gasteiger partial charge < -0.3 is 13.7 Å². The van der Waals surface area contributed by atoms with Crippen molar-refractivity contribution < 1.29 is 0 Å². The van der Waals surface area contributed by atoms with E-state index in [2.05, 4.69) is 328 Å². The number of benzene rings is 13. The molecule has 0 saturated heterocycles. The Kier molecular flexibility index (Phi) is 11.4. The predicted octanol–water partition coefficient (Wildman–Crippen LogP) is 22.5. The maximum atomic E-state index is 2.48. The molecule has 16 rings (SSSR count). The molecule has 0 fully saturated rings. The van der Waals surface area contributed by atoms with E-state index in [-0.39, 0.29) is 10.8 Å². The molecule has 0 aliphatic carbocycles. The van der Waals surface area contributed by atoms with Crippen LogP contribution in [-0.2, 0) is 10.8 Å². The summed E-state index contributed by atoms with van der Waals surface area (Å²) in [6.45, 7) is 13.9. The summed E-state index contributed by atoms with van der Waals surface area (Å²) in [5.74, 6) is 0. The molecule has 0 unspecified atom stereocenters. The van der Waals surface area contributed by atoms with E-state index < -0.39 is 0 Å². The second kappa shape index (κ2) is 19.2. The second-order valence-electron chi connectivity index (χ2n) is 25.3. The summed E-state index contributed by atoms with van der Waals surface area (Å²) in [4.78, 5) is 0. The first-order valence-corrected chi connectivity index (χ1v) is 29.9. The van der Waals surface area contributed by atoms with Crippen molar-refractivity contribution in [3.63, 3.8) is 0 Å². The van der Waals surface area contributed by atoms with Crippen molar-refractivity contribution in [2.75, 3.05) is 0 Å². The molecule has 406 valence electrons. The molecule has 16 aromatic rings. The molecule has 3 nitrogen and oxygen atoms in total. The molecule has 0 N–H and O–H groups in total. The van der Waals surface area contributed by atoms with E-state index in [1.807, 2.05) is 0 Å². The summed E-state index contributed by atoms with van der Waals surface area (Å²) in [6.07, 6.45) is 0. The number of hydrogen-bond donors (Lipinski definition) is 0. The molecule has 0 aliphatic rings. The van der Waals surface area contributed by atoms with Crippen LogP contribution in [-0.4, -0.2) is 13.7 Å². The molecule has 0 saturated carbocycles. The number of fused-ring (bicyclic) bond motifs is 11. The topological polar surface area (TPSA) is 14.8 Å². The third kappa shape index (κ3) is 8.02. The molecule has 0 bridgehead atoms. The van der Waals surface area contributed by atoms with Crippen LogP contribution in [0.15, 0.2) is 273 Å². The molecule has 0 radical (unpaired) electrons. The first-order chi connectivity index (χ1) is 41.5. The first kappa shape index (κ1) is 50.5. The Morgan fingerprint density at radius 3 is 0.882 bits per heavy atom. The first-order valence-electron chi connectivity index (χ1n) is 29.9. The van der Waals surface area contributed by atoms with Crippen LogP contribution in [0.5, 0.6) is 0 Å². The van der Waals surface area contributed by atoms with Crippen molar-refractivity contribution in [3.8, 4) is 61.6 Å². The molecule has 3 heteroatoms. The van der Waals surface area contributed by atoms with Gasteiger partial charge >= 0.3 is 0 Å². The summed E-state index contributed by atoms with van der Waals surface area (Å²) in [6, 6.07) is 102. The summed E-state index contributed by atoms with van der Waals surface area (Å²) < 4.78 is 7.43. The van der Waals surface area contributed by atoms with Gasteiger partial charge in [-0.1, -0.05) is 230 Å². The highest BCUT2D eigenvalue weighted by atomic mass is 15.0. The van der Waals surface area contributed by atoms with Crippen LogP contribution in [0, 0.1) is 0 Å². The Morgan fingerprint density at radius 1 is 0.212 bits per heavy atom. The molecular weight excluding hydrogens is 1030 g/mol. The SMILES string of the molecule is CC(C)(C)c1ccccc1-n1c2ccccc2c2cc(-c3ccc4c(c3)c3cc(-c5ccc6c(c5)c5ccccc5n6-c5ccccc5C(C)(C)C)ccc3n4-c3ccc(-c4c5ccccc5c(-c5ccccc5)c5ccccc45)cc3)ccc21. The van der Waals surface area contributed by atoms with Gasteiger partial charge in [-0.15, -0.1) is 0 Å². The lowest BCUT2D eigenvalue weighted by atomic mass is 9.85. The van der Waals surface area contributed by atoms with Gasteiger partial charge in [0.15, 0.2) is 0 Å². The fraction of sp³-hybridized carbons (Fsp3) is 0.0976. The third-order valence-electron chi connectivity index (χ3n) is 18.1. The lowest BCUT2D eigenvalue weighted by molar-refractivity contribution is 0.587. The highest BCUT2D eigenvalue weighted by molar-refractivity contribution is 6.22. The van der Waals surface area contributed by atoms with Gasteiger partial charge in [-0.05, 0) is 173 Å². The zero-order valence-corrected chi connectivity index (χ0v) is 48.8. The van der Waals surface area contributed by atoms with E-state index in [1.54, 1.807) is 0 Å². The normalized spacial score (nSPS) is 12.4. The number of hydrogen-bond acceptors (Lipinski definition) is 0. The Bertz CT molecular complexity index is 5070. The van der Waals surface area contributed by atoms with Crippen molar-refractivity contribution in [2.24, 2.45) is 0 Å². The zero-order valence-electron chi connectivity index (χ0n) is 48.8. The Morgan fingerprint density at radius 2 is 0.494 bits per heavy atom. The minimum atomic E-state index is -0.0321. The summed E-state index contributed by atoms with van der Waals surface area (Å²) in [5.41, 5.74) is 23.0. The maximum absolute atomic E-state index is 2.48. The van der Waals surface area contributed by atoms with Gasteiger partial charge in [0, 0.05) is 49.4 Å². The number of nitrogens with zero attached hydrogens (tertiary/aromatic N) is 3. The van der Waals surface area contributed by atoms with Crippen LogP contribution in [0.25, 0.3) is 149 Å². The van der Waals surface area contributed by atoms with Crippen LogP contribution in [0.1, 0.15) is 52.7 Å². The lowest BCUT2D eigenvalue weighted by Gasteiger charge is -2.24. The van der Waals surface area contributed by atoms with Gasteiger partial charge in [0.25, 0.3) is 0 Å². The van der Waals surface area contributed by atoms with Crippen LogP contribution in [0.4, 0.5) is 0 Å². The standard InChI is InChI=1S/C82H63N3/c1-81(2,3)69-30-16-20-34-77(69)84-71-32-18-14-24-59(71)65-48-54(40-46-75(65)84)56-38-44-73-67(50-56)68-51-57(55-41-47-76-66(49-55)60-25-15-19-33-72(60)85(76)78-35-21-17-31-70(78)82(4,5)6)39-45-74(68)83(73)58-42-36-53(37-43-58)80-63-28-12-10-26-61(63)79(52-22-8-7-9-23-52)62-27-11-13-29-64(62)80/h7-51H,1-6H3. The van der Waals surface area contributed by atoms with E-state index in [9.17, 15) is 0 Å². The average molecular weight is 1090 g/mol. The molecule has 3 aromatic heterocycles. The molecule has 0 spiro atoms. The summed E-state index contributed by atoms with van der Waals surface area (Å²) in [5, 5.41) is 12.4. The zero-order chi connectivity index (χ0) is 57.3. The average Bonchev–Trinajstić information content (AvgIpc) is 3.89. The van der Waals surface area contributed by atoms with Crippen molar-refractivity contribution in [1.82, 2.24) is 13.7 Å². The number of aromatic nitrogens is 3. The van der Waals surface area contributed by atoms with Crippen LogP contribution in [0.2, 0.25) is 0 Å². The summed E-state index contributed by atoms with van der Waals surface area (Å²) in [7, 11) is 0. The third-order valence-corrected chi connectivity index (χ3v) is 18.1. The van der Waals surface area contributed by atoms with E-state index in [0.717, 1.165) is 5.69 Å². The number of para-hydroxylation sites is 4. The Hall–Kier alpha value is -10.2. The van der Waals surface area contributed by atoms with Gasteiger partial charge in [-0.3, -0.25) is 0 Å². The highest BCUT2D eigenvalue weighted by Gasteiger charge is 2.25. The van der Waals surface area contributed by atoms with Crippen molar-refractivity contribution in [2.45, 2.75) is 52.4 Å². The molecule has 0 aliphatic heterocycles. The van der Waals surface area contributed by atoms with Gasteiger partial charge in [-0.25, -0.2) is 0 Å². The maximum Gasteiger partial charge on any atom is 0.0541 e. The lowest BCUT2D eigenvalue weighted by Crippen LogP contribution is -2.15. The smallest absolute Gasteiger partial charge is 0.0541 e. The minimum Gasteiger partial charge on any atom is -0.309 e. The van der Waals surface area contributed by atoms with Crippen molar-refractivity contribution >= 4 is 87.0 Å². The van der Waals surface area contributed by atoms with Crippen molar-refractivity contribution in [1.29, 1.82) is 0 Å². The highest BCUT2D eigenvalue weighted by Crippen LogP contribution is 2.46. The molecule has 3 heterocycles. The molecule has 13 aromatic carbocycles. The Balaban J connectivity index is 0.882. The fourth-order valence-corrected chi connectivity index (χ4v) is 14.2. The van der Waals surface area contributed by atoms with E-state index in [0.29, 0.717) is 0 Å². The minimum absolute atomic E-state index is 0.0321. The monoisotopic (exact) mass is 1090 g/mol. The van der Waals surface area contributed by atoms with E-state index >= 15 is 0 Å². The van der Waals surface area contributed by atoms with Crippen LogP contribution in [0.3, 0.4) is 0 Å². The Labute approximate surface area is 495 Å². The quantitative estimate of drug-likeness (QED) is 0.141. The predicted molar refractivity (Wildman–Crippen MR) is 364 cm³/mol. The second-order valence-corrected chi connectivity index (χ2v) is 25.3. The number of rotatable bonds is 7. The van der Waals surface area contributed by atoms with Gasteiger partial charge in [0.05, 0.1) is 33.1 Å². The van der Waals surface area contributed by atoms with Crippen LogP contribution < -0.4 is 0 Å². The molecule has 0 atom stereocenters. The van der Waals surface area contributed by atoms with Crippen molar-refractivity contribution in [3.05, 3.63) is 284 Å². The molecule has 0 amide bonds. The molecular formula is C82H63N3. The van der Waals surface area contributed by atoms with Gasteiger partial charge in [0.1, 0.15) is 0 Å². The van der Waals surface area contributed by atoms with Gasteiger partial charge in [0.2, 0.25) is 0 Å². The van der Waals surface area contributed by atoms with Crippen LogP contribution >= 0.6 is 0 Å². The fourth-order valence-electron chi connectivity index (χ4n) is 14.2.